The molecular weight excluding hydrogens is 304 g/mol. The van der Waals surface area contributed by atoms with Gasteiger partial charge in [-0.25, -0.2) is 0 Å². The molecule has 0 unspecified atom stereocenters. The molecule has 0 saturated carbocycles. The van der Waals surface area contributed by atoms with E-state index in [1.165, 1.54) is 18.2 Å². The van der Waals surface area contributed by atoms with Crippen LogP contribution in [-0.2, 0) is 0 Å². The molecule has 2 rings (SSSR count). The molecule has 6 heteroatoms. The lowest BCUT2D eigenvalue weighted by molar-refractivity contribution is -0.384. The summed E-state index contributed by atoms with van der Waals surface area (Å²) in [6, 6.07) is 11.3. The standard InChI is InChI=1S/C16H15ClN2O3/c1-10-3-5-12(6-4-10)11(2)18-16(20)14-9-13(19(21)22)7-8-15(14)17/h3-9,11H,1-2H3,(H,18,20)/t11-/m1/s1. The smallest absolute Gasteiger partial charge is 0.270 e. The van der Waals surface area contributed by atoms with E-state index in [2.05, 4.69) is 5.32 Å². The number of nitro groups is 1. The van der Waals surface area contributed by atoms with Crippen LogP contribution in [0.5, 0.6) is 0 Å². The van der Waals surface area contributed by atoms with Crippen molar-refractivity contribution in [3.8, 4) is 0 Å². The third-order valence-corrected chi connectivity index (χ3v) is 3.66. The maximum Gasteiger partial charge on any atom is 0.270 e. The summed E-state index contributed by atoms with van der Waals surface area (Å²) in [5.41, 5.74) is 2.00. The van der Waals surface area contributed by atoms with Gasteiger partial charge in [0.1, 0.15) is 0 Å². The van der Waals surface area contributed by atoms with Crippen molar-refractivity contribution in [2.75, 3.05) is 0 Å². The molecule has 0 bridgehead atoms. The number of halogens is 1. The number of nitro benzene ring substituents is 1. The number of nitrogens with one attached hydrogen (secondary N) is 1. The van der Waals surface area contributed by atoms with Crippen LogP contribution in [0.2, 0.25) is 5.02 Å². The van der Waals surface area contributed by atoms with E-state index in [1.807, 2.05) is 38.1 Å². The lowest BCUT2D eigenvalue weighted by Gasteiger charge is -2.15. The van der Waals surface area contributed by atoms with Gasteiger partial charge in [-0.05, 0) is 25.5 Å². The molecule has 1 atom stereocenters. The Morgan fingerprint density at radius 2 is 1.86 bits per heavy atom. The largest absolute Gasteiger partial charge is 0.345 e. The lowest BCUT2D eigenvalue weighted by Crippen LogP contribution is -2.27. The van der Waals surface area contributed by atoms with E-state index in [1.54, 1.807) is 0 Å². The SMILES string of the molecule is Cc1ccc([C@@H](C)NC(=O)c2cc([N+](=O)[O-])ccc2Cl)cc1. The van der Waals surface area contributed by atoms with Crippen molar-refractivity contribution in [1.82, 2.24) is 5.32 Å². The summed E-state index contributed by atoms with van der Waals surface area (Å²) >= 11 is 5.96. The highest BCUT2D eigenvalue weighted by Crippen LogP contribution is 2.23. The Balaban J connectivity index is 2.20. The highest BCUT2D eigenvalue weighted by atomic mass is 35.5. The van der Waals surface area contributed by atoms with Crippen molar-refractivity contribution in [1.29, 1.82) is 0 Å². The number of rotatable bonds is 4. The van der Waals surface area contributed by atoms with Crippen LogP contribution in [0.1, 0.15) is 34.5 Å². The molecule has 0 aliphatic heterocycles. The number of hydrogen-bond donors (Lipinski definition) is 1. The Kier molecular flexibility index (Phi) is 4.78. The third kappa shape index (κ3) is 3.62. The topological polar surface area (TPSA) is 72.2 Å². The van der Waals surface area contributed by atoms with Crippen LogP contribution in [0.4, 0.5) is 5.69 Å². The molecule has 114 valence electrons. The normalized spacial score (nSPS) is 11.8. The molecule has 0 radical (unpaired) electrons. The molecule has 0 aliphatic rings. The van der Waals surface area contributed by atoms with Crippen molar-refractivity contribution in [3.05, 3.63) is 74.3 Å². The number of benzene rings is 2. The van der Waals surface area contributed by atoms with Gasteiger partial charge in [0.15, 0.2) is 0 Å². The van der Waals surface area contributed by atoms with E-state index in [-0.39, 0.29) is 22.3 Å². The van der Waals surface area contributed by atoms with Crippen molar-refractivity contribution in [2.45, 2.75) is 19.9 Å². The maximum atomic E-state index is 12.3. The monoisotopic (exact) mass is 318 g/mol. The Bertz CT molecular complexity index is 714. The Labute approximate surface area is 133 Å². The van der Waals surface area contributed by atoms with Gasteiger partial charge in [-0.1, -0.05) is 41.4 Å². The summed E-state index contributed by atoms with van der Waals surface area (Å²) in [4.78, 5) is 22.5. The van der Waals surface area contributed by atoms with E-state index >= 15 is 0 Å². The van der Waals surface area contributed by atoms with Gasteiger partial charge in [0, 0.05) is 12.1 Å². The Hall–Kier alpha value is -2.40. The van der Waals surface area contributed by atoms with Crippen molar-refractivity contribution in [2.24, 2.45) is 0 Å². The fourth-order valence-corrected chi connectivity index (χ4v) is 2.22. The third-order valence-electron chi connectivity index (χ3n) is 3.33. The molecule has 0 spiro atoms. The van der Waals surface area contributed by atoms with Gasteiger partial charge in [-0.15, -0.1) is 0 Å². The minimum atomic E-state index is -0.559. The second kappa shape index (κ2) is 6.58. The lowest BCUT2D eigenvalue weighted by atomic mass is 10.1. The second-order valence-electron chi connectivity index (χ2n) is 5.03. The van der Waals surface area contributed by atoms with Crippen LogP contribution in [-0.4, -0.2) is 10.8 Å². The van der Waals surface area contributed by atoms with Crippen molar-refractivity contribution < 1.29 is 9.72 Å². The number of nitrogens with zero attached hydrogens (tertiary/aromatic N) is 1. The maximum absolute atomic E-state index is 12.3. The van der Waals surface area contributed by atoms with Crippen LogP contribution in [0.3, 0.4) is 0 Å². The molecule has 2 aromatic carbocycles. The van der Waals surface area contributed by atoms with Gasteiger partial charge in [-0.3, -0.25) is 14.9 Å². The highest BCUT2D eigenvalue weighted by molar-refractivity contribution is 6.33. The fourth-order valence-electron chi connectivity index (χ4n) is 2.01. The summed E-state index contributed by atoms with van der Waals surface area (Å²) < 4.78 is 0. The first-order chi connectivity index (χ1) is 10.4. The average molecular weight is 319 g/mol. The first-order valence-corrected chi connectivity index (χ1v) is 7.07. The second-order valence-corrected chi connectivity index (χ2v) is 5.43. The zero-order valence-electron chi connectivity index (χ0n) is 12.2. The molecule has 1 N–H and O–H groups in total. The molecule has 0 saturated heterocycles. The van der Waals surface area contributed by atoms with Gasteiger partial charge >= 0.3 is 0 Å². The van der Waals surface area contributed by atoms with Crippen LogP contribution < -0.4 is 5.32 Å². The van der Waals surface area contributed by atoms with Crippen LogP contribution in [0.25, 0.3) is 0 Å². The van der Waals surface area contributed by atoms with E-state index in [0.717, 1.165) is 11.1 Å². The highest BCUT2D eigenvalue weighted by Gasteiger charge is 2.17. The molecule has 0 aliphatic carbocycles. The van der Waals surface area contributed by atoms with Gasteiger partial charge in [0.25, 0.3) is 11.6 Å². The molecule has 2 aromatic rings. The Morgan fingerprint density at radius 1 is 1.23 bits per heavy atom. The molecule has 0 aromatic heterocycles. The van der Waals surface area contributed by atoms with Gasteiger partial charge in [0.05, 0.1) is 21.6 Å². The van der Waals surface area contributed by atoms with Gasteiger partial charge in [0.2, 0.25) is 0 Å². The van der Waals surface area contributed by atoms with Gasteiger partial charge in [-0.2, -0.15) is 0 Å². The molecule has 0 fully saturated rings. The summed E-state index contributed by atoms with van der Waals surface area (Å²) in [6.07, 6.45) is 0. The predicted molar refractivity (Wildman–Crippen MR) is 85.2 cm³/mol. The van der Waals surface area contributed by atoms with Crippen molar-refractivity contribution in [3.63, 3.8) is 0 Å². The molecule has 1 amide bonds. The fraction of sp³-hybridized carbons (Fsp3) is 0.188. The zero-order chi connectivity index (χ0) is 16.3. The van der Waals surface area contributed by atoms with Gasteiger partial charge < -0.3 is 5.32 Å². The van der Waals surface area contributed by atoms with Crippen molar-refractivity contribution >= 4 is 23.2 Å². The molecule has 22 heavy (non-hydrogen) atoms. The number of aryl methyl sites for hydroxylation is 1. The average Bonchev–Trinajstić information content (AvgIpc) is 2.47. The van der Waals surface area contributed by atoms with E-state index in [4.69, 9.17) is 11.6 Å². The summed E-state index contributed by atoms with van der Waals surface area (Å²) in [6.45, 7) is 3.82. The zero-order valence-corrected chi connectivity index (χ0v) is 12.9. The minimum absolute atomic E-state index is 0.0924. The van der Waals surface area contributed by atoms with Crippen LogP contribution in [0, 0.1) is 17.0 Å². The Morgan fingerprint density at radius 3 is 2.45 bits per heavy atom. The number of carbonyl (C=O) groups excluding carboxylic acids is 1. The van der Waals surface area contributed by atoms with Crippen LogP contribution in [0.15, 0.2) is 42.5 Å². The number of hydrogen-bond acceptors (Lipinski definition) is 3. The summed E-state index contributed by atoms with van der Waals surface area (Å²) in [5.74, 6) is -0.443. The van der Waals surface area contributed by atoms with Crippen LogP contribution >= 0.6 is 11.6 Å². The van der Waals surface area contributed by atoms with E-state index < -0.39 is 10.8 Å². The summed E-state index contributed by atoms with van der Waals surface area (Å²) in [7, 11) is 0. The summed E-state index contributed by atoms with van der Waals surface area (Å²) in [5, 5.41) is 13.8. The molecular formula is C16H15ClN2O3. The quantitative estimate of drug-likeness (QED) is 0.682. The molecule has 5 nitrogen and oxygen atoms in total. The number of non-ortho nitro benzene ring substituents is 1. The first-order valence-electron chi connectivity index (χ1n) is 6.70. The minimum Gasteiger partial charge on any atom is -0.345 e. The van der Waals surface area contributed by atoms with E-state index in [0.29, 0.717) is 0 Å². The number of carbonyl (C=O) groups is 1. The first kappa shape index (κ1) is 16.0. The number of amides is 1. The van der Waals surface area contributed by atoms with E-state index in [9.17, 15) is 14.9 Å². The predicted octanol–water partition coefficient (Wildman–Crippen LogP) is 4.05. The molecule has 0 heterocycles.